The summed E-state index contributed by atoms with van der Waals surface area (Å²) >= 11 is 0. The molecule has 0 bridgehead atoms. The number of methoxy groups -OCH3 is 2. The summed E-state index contributed by atoms with van der Waals surface area (Å²) in [5, 5.41) is 2.67. The van der Waals surface area contributed by atoms with Crippen molar-refractivity contribution in [3.05, 3.63) is 59.3 Å². The minimum atomic E-state index is -3.21. The molecule has 0 fully saturated rings. The predicted octanol–water partition coefficient (Wildman–Crippen LogP) is 2.59. The Labute approximate surface area is 175 Å². The van der Waals surface area contributed by atoms with E-state index in [4.69, 9.17) is 18.5 Å². The first kappa shape index (κ1) is 23.5. The van der Waals surface area contributed by atoms with Crippen LogP contribution < -0.4 is 10.1 Å². The number of ether oxygens (including phenoxy) is 2. The molecule has 0 aliphatic carbocycles. The molecule has 0 saturated heterocycles. The summed E-state index contributed by atoms with van der Waals surface area (Å²) < 4.78 is 32.1. The number of aromatic nitrogens is 1. The normalized spacial score (nSPS) is 12.1. The van der Waals surface area contributed by atoms with Crippen LogP contribution in [-0.4, -0.2) is 51.3 Å². The SMILES string of the molecule is COC(=O)[C@H](Cc1cccnc1OC)NC(=O)c1ccc(CP(=O)(OC)OC)cc1. The number of nitrogens with one attached hydrogen (secondary N) is 1. The van der Waals surface area contributed by atoms with Crippen LogP contribution in [0.5, 0.6) is 5.88 Å². The number of carbonyl (C=O) groups excluding carboxylic acids is 2. The van der Waals surface area contributed by atoms with Crippen molar-refractivity contribution < 1.29 is 32.7 Å². The quantitative estimate of drug-likeness (QED) is 0.447. The molecule has 1 N–H and O–H groups in total. The third-order valence-electron chi connectivity index (χ3n) is 4.41. The van der Waals surface area contributed by atoms with Gasteiger partial charge in [-0.15, -0.1) is 0 Å². The van der Waals surface area contributed by atoms with Crippen molar-refractivity contribution >= 4 is 19.5 Å². The zero-order valence-electron chi connectivity index (χ0n) is 17.3. The Morgan fingerprint density at radius 1 is 1.07 bits per heavy atom. The standard InChI is InChI=1S/C20H25N2O7P/c1-26-19-16(6-5-11-21-19)12-17(20(24)27-2)22-18(23)15-9-7-14(8-10-15)13-30(25,28-3)29-4/h5-11,17H,12-13H2,1-4H3,(H,22,23)/t17-/m0/s1. The lowest BCUT2D eigenvalue weighted by Gasteiger charge is -2.18. The number of pyridine rings is 1. The predicted molar refractivity (Wildman–Crippen MR) is 110 cm³/mol. The minimum Gasteiger partial charge on any atom is -0.481 e. The van der Waals surface area contributed by atoms with Crippen LogP contribution in [0.1, 0.15) is 21.5 Å². The molecular weight excluding hydrogens is 411 g/mol. The number of amides is 1. The second-order valence-corrected chi connectivity index (χ2v) is 8.52. The molecule has 0 unspecified atom stereocenters. The van der Waals surface area contributed by atoms with Crippen molar-refractivity contribution in [2.24, 2.45) is 0 Å². The highest BCUT2D eigenvalue weighted by Gasteiger charge is 2.25. The van der Waals surface area contributed by atoms with Gasteiger partial charge in [0.2, 0.25) is 5.88 Å². The van der Waals surface area contributed by atoms with Gasteiger partial charge in [-0.2, -0.15) is 0 Å². The zero-order valence-corrected chi connectivity index (χ0v) is 18.2. The molecule has 0 saturated carbocycles. The van der Waals surface area contributed by atoms with Crippen LogP contribution in [0.15, 0.2) is 42.6 Å². The van der Waals surface area contributed by atoms with E-state index in [1.807, 2.05) is 0 Å². The fraction of sp³-hybridized carbons (Fsp3) is 0.350. The third-order valence-corrected chi connectivity index (χ3v) is 6.27. The number of nitrogens with zero attached hydrogens (tertiary/aromatic N) is 1. The van der Waals surface area contributed by atoms with Gasteiger partial charge in [0, 0.05) is 38.0 Å². The molecule has 0 aliphatic heterocycles. The smallest absolute Gasteiger partial charge is 0.334 e. The van der Waals surface area contributed by atoms with E-state index in [-0.39, 0.29) is 12.6 Å². The molecule has 1 atom stereocenters. The molecule has 0 radical (unpaired) electrons. The summed E-state index contributed by atoms with van der Waals surface area (Å²) in [5.74, 6) is -0.681. The van der Waals surface area contributed by atoms with Crippen LogP contribution in [0.2, 0.25) is 0 Å². The van der Waals surface area contributed by atoms with Crippen LogP contribution in [0.4, 0.5) is 0 Å². The molecule has 0 spiro atoms. The van der Waals surface area contributed by atoms with Crippen molar-refractivity contribution in [3.8, 4) is 5.88 Å². The Kier molecular flexibility index (Phi) is 8.53. The van der Waals surface area contributed by atoms with Gasteiger partial charge in [-0.25, -0.2) is 9.78 Å². The van der Waals surface area contributed by atoms with Gasteiger partial charge in [-0.1, -0.05) is 18.2 Å². The molecule has 2 aromatic rings. The van der Waals surface area contributed by atoms with E-state index < -0.39 is 25.5 Å². The fourth-order valence-corrected chi connectivity index (χ4v) is 3.81. The van der Waals surface area contributed by atoms with Crippen LogP contribution in [0, 0.1) is 0 Å². The number of benzene rings is 1. The average molecular weight is 436 g/mol. The molecular formula is C20H25N2O7P. The van der Waals surface area contributed by atoms with Gasteiger partial charge < -0.3 is 23.8 Å². The van der Waals surface area contributed by atoms with Crippen molar-refractivity contribution in [1.82, 2.24) is 10.3 Å². The first-order valence-corrected chi connectivity index (χ1v) is 10.7. The summed E-state index contributed by atoms with van der Waals surface area (Å²) in [5.41, 5.74) is 1.67. The fourth-order valence-electron chi connectivity index (χ4n) is 2.75. The van der Waals surface area contributed by atoms with E-state index in [1.165, 1.54) is 28.4 Å². The molecule has 1 aromatic heterocycles. The van der Waals surface area contributed by atoms with E-state index >= 15 is 0 Å². The van der Waals surface area contributed by atoms with E-state index in [0.717, 1.165) is 0 Å². The average Bonchev–Trinajstić information content (AvgIpc) is 2.78. The van der Waals surface area contributed by atoms with Gasteiger partial charge in [0.25, 0.3) is 5.91 Å². The Morgan fingerprint density at radius 3 is 2.30 bits per heavy atom. The summed E-state index contributed by atoms with van der Waals surface area (Å²) in [6.45, 7) is 0. The van der Waals surface area contributed by atoms with Gasteiger partial charge in [0.1, 0.15) is 6.04 Å². The number of carbonyl (C=O) groups is 2. The van der Waals surface area contributed by atoms with Gasteiger partial charge in [0.05, 0.1) is 20.4 Å². The summed E-state index contributed by atoms with van der Waals surface area (Å²) in [7, 11) is 2.15. The molecule has 162 valence electrons. The maximum Gasteiger partial charge on any atom is 0.334 e. The largest absolute Gasteiger partial charge is 0.481 e. The number of hydrogen-bond donors (Lipinski definition) is 1. The number of rotatable bonds is 10. The summed E-state index contributed by atoms with van der Waals surface area (Å²) in [6, 6.07) is 8.98. The van der Waals surface area contributed by atoms with Crippen LogP contribution in [-0.2, 0) is 35.7 Å². The first-order valence-electron chi connectivity index (χ1n) is 9.01. The zero-order chi connectivity index (χ0) is 22.1. The molecule has 1 heterocycles. The first-order chi connectivity index (χ1) is 14.4. The van der Waals surface area contributed by atoms with Crippen molar-refractivity contribution in [1.29, 1.82) is 0 Å². The second kappa shape index (κ2) is 10.9. The lowest BCUT2D eigenvalue weighted by molar-refractivity contribution is -0.142. The van der Waals surface area contributed by atoms with Crippen LogP contribution in [0.3, 0.4) is 0 Å². The molecule has 9 nitrogen and oxygen atoms in total. The molecule has 30 heavy (non-hydrogen) atoms. The van der Waals surface area contributed by atoms with Gasteiger partial charge in [0.15, 0.2) is 0 Å². The third kappa shape index (κ3) is 6.13. The maximum absolute atomic E-state index is 12.7. The molecule has 1 amide bonds. The monoisotopic (exact) mass is 436 g/mol. The molecule has 2 rings (SSSR count). The minimum absolute atomic E-state index is 0.0769. The highest BCUT2D eigenvalue weighted by atomic mass is 31.2. The van der Waals surface area contributed by atoms with Crippen molar-refractivity contribution in [2.45, 2.75) is 18.6 Å². The van der Waals surface area contributed by atoms with Crippen molar-refractivity contribution in [3.63, 3.8) is 0 Å². The number of esters is 1. The lowest BCUT2D eigenvalue weighted by atomic mass is 10.1. The van der Waals surface area contributed by atoms with E-state index in [1.54, 1.807) is 42.6 Å². The topological polar surface area (TPSA) is 113 Å². The highest BCUT2D eigenvalue weighted by molar-refractivity contribution is 7.52. The van der Waals surface area contributed by atoms with Gasteiger partial charge in [-0.05, 0) is 23.8 Å². The van der Waals surface area contributed by atoms with Crippen LogP contribution in [0.25, 0.3) is 0 Å². The number of hydrogen-bond acceptors (Lipinski definition) is 8. The van der Waals surface area contributed by atoms with Crippen molar-refractivity contribution in [2.75, 3.05) is 28.4 Å². The lowest BCUT2D eigenvalue weighted by Crippen LogP contribution is -2.43. The molecule has 1 aromatic carbocycles. The van der Waals surface area contributed by atoms with E-state index in [9.17, 15) is 14.2 Å². The van der Waals surface area contributed by atoms with E-state index in [0.29, 0.717) is 22.6 Å². The summed E-state index contributed by atoms with van der Waals surface area (Å²) in [6.07, 6.45) is 1.80. The molecule has 0 aliphatic rings. The summed E-state index contributed by atoms with van der Waals surface area (Å²) in [4.78, 5) is 29.0. The van der Waals surface area contributed by atoms with Gasteiger partial charge in [-0.3, -0.25) is 9.36 Å². The Morgan fingerprint density at radius 2 is 1.73 bits per heavy atom. The Balaban J connectivity index is 2.14. The molecule has 10 heteroatoms. The maximum atomic E-state index is 12.7. The second-order valence-electron chi connectivity index (χ2n) is 6.26. The van der Waals surface area contributed by atoms with Gasteiger partial charge >= 0.3 is 13.6 Å². The van der Waals surface area contributed by atoms with E-state index in [2.05, 4.69) is 10.3 Å². The Bertz CT molecular complexity index is 910. The van der Waals surface area contributed by atoms with Crippen LogP contribution >= 0.6 is 7.60 Å². The Hall–Kier alpha value is -2.74. The highest BCUT2D eigenvalue weighted by Crippen LogP contribution is 2.49.